The molecule has 0 aromatic heterocycles. The van der Waals surface area contributed by atoms with E-state index in [0.29, 0.717) is 17.9 Å². The van der Waals surface area contributed by atoms with Crippen LogP contribution in [0.1, 0.15) is 171 Å². The Bertz CT molecular complexity index is 1010. The molecule has 0 heterocycles. The third-order valence-electron chi connectivity index (χ3n) is 14.5. The summed E-state index contributed by atoms with van der Waals surface area (Å²) in [6, 6.07) is -0.172. The van der Waals surface area contributed by atoms with Gasteiger partial charge in [0.05, 0.1) is 6.61 Å². The van der Waals surface area contributed by atoms with Crippen LogP contribution in [0, 0.1) is 51.2 Å². The summed E-state index contributed by atoms with van der Waals surface area (Å²) in [6.45, 7) is 19.3. The molecule has 4 saturated carbocycles. The van der Waals surface area contributed by atoms with E-state index in [4.69, 9.17) is 4.74 Å². The van der Waals surface area contributed by atoms with Gasteiger partial charge in [0, 0.05) is 17.5 Å². The summed E-state index contributed by atoms with van der Waals surface area (Å²) in [5, 5.41) is 16.0. The smallest absolute Gasteiger partial charge is 0.407 e. The second-order valence-corrected chi connectivity index (χ2v) is 18.5. The maximum atomic E-state index is 13.6. The van der Waals surface area contributed by atoms with Crippen LogP contribution in [-0.2, 0) is 4.74 Å². The number of amides is 2. The van der Waals surface area contributed by atoms with Crippen molar-refractivity contribution in [3.63, 3.8) is 0 Å². The van der Waals surface area contributed by atoms with E-state index in [0.717, 1.165) is 68.6 Å². The Morgan fingerprint density at radius 3 is 2.30 bits per heavy atom. The number of carbonyl (C=O) groups is 2. The second-order valence-electron chi connectivity index (χ2n) is 18.5. The van der Waals surface area contributed by atoms with Gasteiger partial charge in [-0.15, -0.1) is 0 Å². The van der Waals surface area contributed by atoms with Crippen molar-refractivity contribution in [3.8, 4) is 0 Å². The molecule has 6 heteroatoms. The van der Waals surface area contributed by atoms with Crippen molar-refractivity contribution in [2.45, 2.75) is 183 Å². The van der Waals surface area contributed by atoms with Crippen LogP contribution in [0.4, 0.5) is 9.59 Å². The van der Waals surface area contributed by atoms with Gasteiger partial charge >= 0.3 is 12.2 Å². The summed E-state index contributed by atoms with van der Waals surface area (Å²) in [7, 11) is 0. The van der Waals surface area contributed by atoms with Crippen molar-refractivity contribution in [2.24, 2.45) is 51.2 Å². The summed E-state index contributed by atoms with van der Waals surface area (Å²) >= 11 is 0. The molecule has 0 spiro atoms. The monoisotopic (exact) mass is 645 g/mol. The lowest BCUT2D eigenvalue weighted by atomic mass is 9.44. The van der Waals surface area contributed by atoms with Crippen molar-refractivity contribution in [3.05, 3.63) is 0 Å². The highest BCUT2D eigenvalue weighted by molar-refractivity contribution is 5.68. The molecule has 6 nitrogen and oxygen atoms in total. The first-order valence-corrected chi connectivity index (χ1v) is 19.6. The third-order valence-corrected chi connectivity index (χ3v) is 14.5. The summed E-state index contributed by atoms with van der Waals surface area (Å²) in [4.78, 5) is 25.4. The fourth-order valence-corrected chi connectivity index (χ4v) is 11.3. The number of nitrogens with one attached hydrogen (secondary N) is 2. The normalized spacial score (nSPS) is 37.9. The number of hydrogen-bond acceptors (Lipinski definition) is 3. The Labute approximate surface area is 282 Å². The largest absolute Gasteiger partial charge is 0.465 e. The molecule has 0 aromatic rings. The Morgan fingerprint density at radius 1 is 0.891 bits per heavy atom. The van der Waals surface area contributed by atoms with Crippen LogP contribution in [0.25, 0.3) is 0 Å². The lowest BCUT2D eigenvalue weighted by Gasteiger charge is -2.61. The molecule has 4 aliphatic carbocycles. The first-order valence-electron chi connectivity index (χ1n) is 19.6. The Hall–Kier alpha value is -1.46. The van der Waals surface area contributed by atoms with E-state index in [1.807, 2.05) is 0 Å². The van der Waals surface area contributed by atoms with Gasteiger partial charge in [0.25, 0.3) is 0 Å². The number of carbonyl (C=O) groups excluding carboxylic acids is 1. The highest BCUT2D eigenvalue weighted by atomic mass is 16.5. The molecular weight excluding hydrogens is 572 g/mol. The van der Waals surface area contributed by atoms with Crippen LogP contribution in [0.15, 0.2) is 0 Å². The van der Waals surface area contributed by atoms with Crippen LogP contribution in [0.2, 0.25) is 0 Å². The minimum Gasteiger partial charge on any atom is -0.465 e. The number of ether oxygens (including phenoxy) is 1. The lowest BCUT2D eigenvalue weighted by Crippen LogP contribution is -2.57. The van der Waals surface area contributed by atoms with Gasteiger partial charge < -0.3 is 20.5 Å². The highest BCUT2D eigenvalue weighted by Crippen LogP contribution is 2.64. The number of fused-ring (bicyclic) bond motifs is 3. The maximum absolute atomic E-state index is 13.6. The minimum atomic E-state index is -0.944. The number of hydrogen-bond donors (Lipinski definition) is 3. The van der Waals surface area contributed by atoms with Crippen molar-refractivity contribution >= 4 is 12.2 Å². The number of unbranched alkanes of at least 4 members (excludes halogenated alkanes) is 5. The lowest BCUT2D eigenvalue weighted by molar-refractivity contribution is -0.136. The second kappa shape index (κ2) is 15.4. The molecule has 266 valence electrons. The molecule has 46 heavy (non-hydrogen) atoms. The molecule has 4 fully saturated rings. The zero-order valence-electron chi connectivity index (χ0n) is 31.1. The molecular formula is C40H72N2O4. The van der Waals surface area contributed by atoms with Crippen molar-refractivity contribution in [1.82, 2.24) is 10.6 Å². The molecule has 2 amide bonds. The molecule has 4 rings (SSSR count). The molecule has 0 aliphatic heterocycles. The molecule has 9 atom stereocenters. The van der Waals surface area contributed by atoms with E-state index < -0.39 is 6.09 Å². The molecule has 0 aromatic carbocycles. The third kappa shape index (κ3) is 8.57. The Balaban J connectivity index is 1.37. The summed E-state index contributed by atoms with van der Waals surface area (Å²) in [5.74, 6) is 3.98. The van der Waals surface area contributed by atoms with Crippen LogP contribution < -0.4 is 10.6 Å². The van der Waals surface area contributed by atoms with Crippen LogP contribution in [-0.4, -0.2) is 36.0 Å². The Kier molecular flexibility index (Phi) is 12.5. The van der Waals surface area contributed by atoms with Gasteiger partial charge in [-0.25, -0.2) is 9.59 Å². The zero-order chi connectivity index (χ0) is 33.8. The van der Waals surface area contributed by atoms with E-state index in [9.17, 15) is 14.7 Å². The first kappa shape index (κ1) is 37.4. The van der Waals surface area contributed by atoms with E-state index in [2.05, 4.69) is 66.0 Å². The number of rotatable bonds is 13. The molecule has 0 radical (unpaired) electrons. The fraction of sp³-hybridized carbons (Fsp3) is 0.950. The number of alkyl carbamates (subject to hydrolysis) is 1. The topological polar surface area (TPSA) is 87.7 Å². The Morgan fingerprint density at radius 2 is 1.61 bits per heavy atom. The minimum absolute atomic E-state index is 0.0223. The average molecular weight is 645 g/mol. The molecule has 0 bridgehead atoms. The van der Waals surface area contributed by atoms with Crippen LogP contribution in [0.5, 0.6) is 0 Å². The van der Waals surface area contributed by atoms with Gasteiger partial charge in [-0.3, -0.25) is 0 Å². The van der Waals surface area contributed by atoms with E-state index in [-0.39, 0.29) is 34.4 Å². The highest BCUT2D eigenvalue weighted by Gasteiger charge is 2.57. The van der Waals surface area contributed by atoms with E-state index in [1.54, 1.807) is 0 Å². The summed E-state index contributed by atoms with van der Waals surface area (Å²) < 4.78 is 6.20. The van der Waals surface area contributed by atoms with E-state index in [1.165, 1.54) is 70.6 Å². The molecule has 4 aliphatic rings. The van der Waals surface area contributed by atoms with Crippen molar-refractivity contribution in [1.29, 1.82) is 0 Å². The predicted octanol–water partition coefficient (Wildman–Crippen LogP) is 11.0. The molecule has 0 saturated heterocycles. The van der Waals surface area contributed by atoms with Gasteiger partial charge in [-0.1, -0.05) is 100 Å². The van der Waals surface area contributed by atoms with Crippen molar-refractivity contribution < 1.29 is 19.4 Å². The fourth-order valence-electron chi connectivity index (χ4n) is 11.3. The summed E-state index contributed by atoms with van der Waals surface area (Å²) in [5.41, 5.74) is 0.0914. The van der Waals surface area contributed by atoms with Gasteiger partial charge in [-0.2, -0.15) is 0 Å². The van der Waals surface area contributed by atoms with Crippen LogP contribution in [0.3, 0.4) is 0 Å². The first-order chi connectivity index (χ1) is 21.6. The average Bonchev–Trinajstić information content (AvgIpc) is 2.99. The van der Waals surface area contributed by atoms with Gasteiger partial charge in [0.1, 0.15) is 0 Å². The molecule has 9 unspecified atom stereocenters. The summed E-state index contributed by atoms with van der Waals surface area (Å²) in [6.07, 6.45) is 19.9. The van der Waals surface area contributed by atoms with Crippen LogP contribution >= 0.6 is 0 Å². The van der Waals surface area contributed by atoms with Gasteiger partial charge in [0.2, 0.25) is 0 Å². The quantitative estimate of drug-likeness (QED) is 0.174. The standard InChI is InChI=1S/C40H72N2O4/c1-9-10-11-12-13-14-16-33(41-35(43)44)38(6)24-23-37(4,5)34(26-38)42-36(45)46-27-39(7)21-15-22-40(8)31-19-17-29(28(2)3)25-30(31)18-20-32(39)40/h28-34,41H,9-27H2,1-8H3,(H,42,45)(H,43,44). The van der Waals surface area contributed by atoms with Gasteiger partial charge in [0.15, 0.2) is 0 Å². The maximum Gasteiger partial charge on any atom is 0.407 e. The molecule has 3 N–H and O–H groups in total. The van der Waals surface area contributed by atoms with Crippen molar-refractivity contribution in [2.75, 3.05) is 6.61 Å². The predicted molar refractivity (Wildman–Crippen MR) is 189 cm³/mol. The number of carboxylic acid groups (broad SMARTS) is 1. The zero-order valence-corrected chi connectivity index (χ0v) is 31.1. The SMILES string of the molecule is CCCCCCCCC(NC(=O)O)C1(C)CCC(C)(C)C(NC(=O)OCC2(C)CCCC3(C)C4CCC(C(C)C)CC4CCC23)C1. The van der Waals surface area contributed by atoms with Gasteiger partial charge in [-0.05, 0) is 116 Å². The van der Waals surface area contributed by atoms with E-state index >= 15 is 0 Å².